The second kappa shape index (κ2) is 7.48. The predicted molar refractivity (Wildman–Crippen MR) is 105 cm³/mol. The number of carbonyl (C=O) groups is 1. The number of nitrogens with zero attached hydrogens (tertiary/aromatic N) is 1. The SMILES string of the molecule is CCc1ccc2c(c1)CCc1c-2cc(F)c(C(=O)Oc2ccc(C#N)cc2)c1F. The number of esters is 1. The lowest BCUT2D eigenvalue weighted by Crippen LogP contribution is -2.17. The van der Waals surface area contributed by atoms with Gasteiger partial charge in [0.2, 0.25) is 0 Å². The molecule has 29 heavy (non-hydrogen) atoms. The summed E-state index contributed by atoms with van der Waals surface area (Å²) < 4.78 is 35.0. The fraction of sp³-hybridized carbons (Fsp3) is 0.167. The second-order valence-corrected chi connectivity index (χ2v) is 6.94. The zero-order chi connectivity index (χ0) is 20.5. The van der Waals surface area contributed by atoms with E-state index < -0.39 is 23.2 Å². The molecule has 0 amide bonds. The highest BCUT2D eigenvalue weighted by atomic mass is 19.1. The largest absolute Gasteiger partial charge is 0.423 e. The lowest BCUT2D eigenvalue weighted by Gasteiger charge is -2.22. The summed E-state index contributed by atoms with van der Waals surface area (Å²) in [4.78, 5) is 12.5. The molecule has 0 fully saturated rings. The molecule has 3 nitrogen and oxygen atoms in total. The molecular weight excluding hydrogens is 372 g/mol. The van der Waals surface area contributed by atoms with Crippen LogP contribution in [0, 0.1) is 23.0 Å². The molecule has 0 saturated heterocycles. The van der Waals surface area contributed by atoms with Crippen LogP contribution < -0.4 is 4.74 Å². The van der Waals surface area contributed by atoms with Crippen LogP contribution in [0.25, 0.3) is 11.1 Å². The third-order valence-electron chi connectivity index (χ3n) is 5.23. The Morgan fingerprint density at radius 1 is 1.07 bits per heavy atom. The van der Waals surface area contributed by atoms with Crippen molar-refractivity contribution >= 4 is 5.97 Å². The Labute approximate surface area is 167 Å². The quantitative estimate of drug-likeness (QED) is 0.446. The van der Waals surface area contributed by atoms with Gasteiger partial charge in [-0.1, -0.05) is 25.1 Å². The van der Waals surface area contributed by atoms with E-state index in [4.69, 9.17) is 10.00 Å². The molecule has 1 aliphatic rings. The Hall–Kier alpha value is -3.52. The van der Waals surface area contributed by atoms with Crippen molar-refractivity contribution in [2.75, 3.05) is 0 Å². The van der Waals surface area contributed by atoms with Crippen LogP contribution in [0.5, 0.6) is 5.75 Å². The highest BCUT2D eigenvalue weighted by Crippen LogP contribution is 2.37. The smallest absolute Gasteiger partial charge is 0.349 e. The van der Waals surface area contributed by atoms with Crippen molar-refractivity contribution in [3.05, 3.63) is 88.0 Å². The highest BCUT2D eigenvalue weighted by molar-refractivity contribution is 5.93. The minimum Gasteiger partial charge on any atom is -0.423 e. The Balaban J connectivity index is 1.71. The number of fused-ring (bicyclic) bond motifs is 3. The number of hydrogen-bond donors (Lipinski definition) is 0. The van der Waals surface area contributed by atoms with Gasteiger partial charge in [0, 0.05) is 0 Å². The molecule has 0 spiro atoms. The first-order valence-electron chi connectivity index (χ1n) is 9.37. The number of hydrogen-bond acceptors (Lipinski definition) is 3. The molecule has 0 radical (unpaired) electrons. The molecule has 0 atom stereocenters. The van der Waals surface area contributed by atoms with Crippen LogP contribution in [0.3, 0.4) is 0 Å². The fourth-order valence-electron chi connectivity index (χ4n) is 3.68. The van der Waals surface area contributed by atoms with Crippen LogP contribution in [0.15, 0.2) is 48.5 Å². The maximum Gasteiger partial charge on any atom is 0.349 e. The van der Waals surface area contributed by atoms with E-state index in [2.05, 4.69) is 13.0 Å². The van der Waals surface area contributed by atoms with Crippen LogP contribution in [-0.4, -0.2) is 5.97 Å². The minimum absolute atomic E-state index is 0.114. The van der Waals surface area contributed by atoms with Crippen molar-refractivity contribution in [2.45, 2.75) is 26.2 Å². The van der Waals surface area contributed by atoms with Gasteiger partial charge in [-0.3, -0.25) is 0 Å². The van der Waals surface area contributed by atoms with Crippen molar-refractivity contribution in [1.29, 1.82) is 5.26 Å². The normalized spacial score (nSPS) is 11.9. The first-order chi connectivity index (χ1) is 14.0. The van der Waals surface area contributed by atoms with Gasteiger partial charge < -0.3 is 4.74 Å². The molecule has 3 aromatic rings. The molecule has 1 aliphatic carbocycles. The van der Waals surface area contributed by atoms with E-state index in [1.54, 1.807) is 0 Å². The average molecular weight is 389 g/mol. The fourth-order valence-corrected chi connectivity index (χ4v) is 3.68. The maximum atomic E-state index is 15.1. The number of halogens is 2. The third kappa shape index (κ3) is 3.38. The second-order valence-electron chi connectivity index (χ2n) is 6.94. The summed E-state index contributed by atoms with van der Waals surface area (Å²) in [5.74, 6) is -2.81. The van der Waals surface area contributed by atoms with Crippen LogP contribution in [0.1, 0.15) is 39.5 Å². The topological polar surface area (TPSA) is 50.1 Å². The number of benzene rings is 3. The van der Waals surface area contributed by atoms with E-state index in [9.17, 15) is 9.18 Å². The molecule has 0 aromatic heterocycles. The molecular formula is C24H17F2NO2. The number of aryl methyl sites for hydroxylation is 2. The first-order valence-corrected chi connectivity index (χ1v) is 9.37. The number of rotatable bonds is 3. The van der Waals surface area contributed by atoms with Gasteiger partial charge in [0.1, 0.15) is 22.9 Å². The molecule has 4 rings (SSSR count). The molecule has 144 valence electrons. The zero-order valence-corrected chi connectivity index (χ0v) is 15.8. The Morgan fingerprint density at radius 3 is 2.52 bits per heavy atom. The number of carbonyl (C=O) groups excluding carboxylic acids is 1. The average Bonchev–Trinajstić information content (AvgIpc) is 2.73. The zero-order valence-electron chi connectivity index (χ0n) is 15.8. The van der Waals surface area contributed by atoms with E-state index in [0.29, 0.717) is 29.5 Å². The van der Waals surface area contributed by atoms with Crippen LogP contribution >= 0.6 is 0 Å². The van der Waals surface area contributed by atoms with Gasteiger partial charge in [0.15, 0.2) is 0 Å². The van der Waals surface area contributed by atoms with Gasteiger partial charge in [0.05, 0.1) is 11.6 Å². The van der Waals surface area contributed by atoms with Gasteiger partial charge >= 0.3 is 5.97 Å². The van der Waals surface area contributed by atoms with Gasteiger partial charge in [0.25, 0.3) is 0 Å². The molecule has 0 N–H and O–H groups in total. The van der Waals surface area contributed by atoms with Gasteiger partial charge in [-0.25, -0.2) is 13.6 Å². The third-order valence-corrected chi connectivity index (χ3v) is 5.23. The Kier molecular flexibility index (Phi) is 4.85. The minimum atomic E-state index is -1.10. The summed E-state index contributed by atoms with van der Waals surface area (Å²) in [6, 6.07) is 14.8. The molecule has 0 unspecified atom stereocenters. The highest BCUT2D eigenvalue weighted by Gasteiger charge is 2.28. The summed E-state index contributed by atoms with van der Waals surface area (Å²) in [5, 5.41) is 8.82. The van der Waals surface area contributed by atoms with Gasteiger partial charge in [-0.05, 0) is 77.4 Å². The predicted octanol–water partition coefficient (Wildman–Crippen LogP) is 5.38. The van der Waals surface area contributed by atoms with E-state index in [1.807, 2.05) is 18.2 Å². The summed E-state index contributed by atoms with van der Waals surface area (Å²) in [5.41, 5.74) is 3.55. The lowest BCUT2D eigenvalue weighted by atomic mass is 9.83. The van der Waals surface area contributed by atoms with Crippen molar-refractivity contribution in [3.63, 3.8) is 0 Å². The van der Waals surface area contributed by atoms with Crippen molar-refractivity contribution in [3.8, 4) is 22.9 Å². The molecule has 0 saturated carbocycles. The molecule has 3 aromatic carbocycles. The van der Waals surface area contributed by atoms with Gasteiger partial charge in [-0.15, -0.1) is 0 Å². The van der Waals surface area contributed by atoms with E-state index in [1.165, 1.54) is 35.9 Å². The van der Waals surface area contributed by atoms with Gasteiger partial charge in [-0.2, -0.15) is 5.26 Å². The van der Waals surface area contributed by atoms with E-state index in [0.717, 1.165) is 17.5 Å². The summed E-state index contributed by atoms with van der Waals surface area (Å²) >= 11 is 0. The summed E-state index contributed by atoms with van der Waals surface area (Å²) in [6.45, 7) is 2.06. The monoisotopic (exact) mass is 389 g/mol. The molecule has 5 heteroatoms. The van der Waals surface area contributed by atoms with Crippen molar-refractivity contribution in [1.82, 2.24) is 0 Å². The lowest BCUT2D eigenvalue weighted by molar-refractivity contribution is 0.0724. The number of nitriles is 1. The van der Waals surface area contributed by atoms with E-state index >= 15 is 4.39 Å². The summed E-state index contributed by atoms with van der Waals surface area (Å²) in [7, 11) is 0. The Morgan fingerprint density at radius 2 is 1.83 bits per heavy atom. The van der Waals surface area contributed by atoms with E-state index in [-0.39, 0.29) is 5.75 Å². The van der Waals surface area contributed by atoms with Crippen LogP contribution in [0.4, 0.5) is 8.78 Å². The van der Waals surface area contributed by atoms with Crippen molar-refractivity contribution in [2.24, 2.45) is 0 Å². The number of ether oxygens (including phenoxy) is 1. The standard InChI is InChI=1S/C24H17F2NO2/c1-2-14-5-9-18-16(11-14)6-10-19-20(18)12-21(25)22(23(19)26)24(28)29-17-7-3-15(13-27)4-8-17/h3-5,7-9,11-12H,2,6,10H2,1H3. The first kappa shape index (κ1) is 18.8. The van der Waals surface area contributed by atoms with Crippen LogP contribution in [0.2, 0.25) is 0 Å². The maximum absolute atomic E-state index is 15.1. The molecule has 0 heterocycles. The van der Waals surface area contributed by atoms with Crippen LogP contribution in [-0.2, 0) is 19.3 Å². The molecule has 0 bridgehead atoms. The Bertz CT molecular complexity index is 1160. The molecule has 0 aliphatic heterocycles. The summed E-state index contributed by atoms with van der Waals surface area (Å²) in [6.07, 6.45) is 1.91. The van der Waals surface area contributed by atoms with Crippen molar-refractivity contribution < 1.29 is 18.3 Å².